The Morgan fingerprint density at radius 2 is 1.83 bits per heavy atom. The maximum absolute atomic E-state index is 11.4. The van der Waals surface area contributed by atoms with E-state index in [1.165, 1.54) is 0 Å². The molecule has 0 atom stereocenters. The van der Waals surface area contributed by atoms with Gasteiger partial charge < -0.3 is 4.74 Å². The SMILES string of the molecule is NS(=O)(=O)CCOCC(F)(F)F. The molecular weight excluding hydrogens is 199 g/mol. The summed E-state index contributed by atoms with van der Waals surface area (Å²) < 4.78 is 58.4. The highest BCUT2D eigenvalue weighted by molar-refractivity contribution is 7.89. The highest BCUT2D eigenvalue weighted by atomic mass is 32.2. The third-order valence-electron chi connectivity index (χ3n) is 0.778. The van der Waals surface area contributed by atoms with Crippen molar-refractivity contribution in [1.82, 2.24) is 0 Å². The second kappa shape index (κ2) is 4.06. The molecule has 0 aromatic rings. The molecule has 4 nitrogen and oxygen atoms in total. The third kappa shape index (κ3) is 9.66. The molecule has 0 radical (unpaired) electrons. The Kier molecular flexibility index (Phi) is 3.94. The van der Waals surface area contributed by atoms with E-state index in [9.17, 15) is 21.6 Å². The van der Waals surface area contributed by atoms with Gasteiger partial charge in [0, 0.05) is 0 Å². The van der Waals surface area contributed by atoms with Gasteiger partial charge in [0.2, 0.25) is 10.0 Å². The molecule has 0 spiro atoms. The van der Waals surface area contributed by atoms with Crippen LogP contribution in [0.25, 0.3) is 0 Å². The smallest absolute Gasteiger partial charge is 0.371 e. The molecule has 0 aromatic carbocycles. The molecule has 0 amide bonds. The van der Waals surface area contributed by atoms with Crippen LogP contribution < -0.4 is 5.14 Å². The van der Waals surface area contributed by atoms with Crippen LogP contribution in [-0.4, -0.2) is 33.6 Å². The van der Waals surface area contributed by atoms with E-state index in [1.54, 1.807) is 0 Å². The van der Waals surface area contributed by atoms with Crippen LogP contribution in [0.5, 0.6) is 0 Å². The van der Waals surface area contributed by atoms with Crippen LogP contribution in [0.2, 0.25) is 0 Å². The van der Waals surface area contributed by atoms with Crippen molar-refractivity contribution in [2.24, 2.45) is 5.14 Å². The summed E-state index contributed by atoms with van der Waals surface area (Å²) >= 11 is 0. The summed E-state index contributed by atoms with van der Waals surface area (Å²) in [6.07, 6.45) is -4.43. The fraction of sp³-hybridized carbons (Fsp3) is 1.00. The van der Waals surface area contributed by atoms with Gasteiger partial charge in [0.1, 0.15) is 6.61 Å². The number of halogens is 3. The molecule has 0 heterocycles. The molecule has 0 saturated heterocycles. The zero-order chi connectivity index (χ0) is 9.83. The molecule has 0 saturated carbocycles. The standard InChI is InChI=1S/C4H8F3NO3S/c5-4(6,7)3-11-1-2-12(8,9)10/h1-3H2,(H2,8,9,10). The maximum Gasteiger partial charge on any atom is 0.411 e. The summed E-state index contributed by atoms with van der Waals surface area (Å²) in [5.41, 5.74) is 0. The molecule has 0 aromatic heterocycles. The zero-order valence-corrected chi connectivity index (χ0v) is 6.78. The van der Waals surface area contributed by atoms with Crippen molar-refractivity contribution in [3.05, 3.63) is 0 Å². The van der Waals surface area contributed by atoms with E-state index in [2.05, 4.69) is 9.88 Å². The second-order valence-corrected chi connectivity index (χ2v) is 3.77. The van der Waals surface area contributed by atoms with Gasteiger partial charge in [-0.05, 0) is 0 Å². The van der Waals surface area contributed by atoms with Gasteiger partial charge in [-0.3, -0.25) is 0 Å². The lowest BCUT2D eigenvalue weighted by molar-refractivity contribution is -0.172. The van der Waals surface area contributed by atoms with E-state index in [0.717, 1.165) is 0 Å². The average molecular weight is 207 g/mol. The molecule has 0 rings (SSSR count). The third-order valence-corrected chi connectivity index (χ3v) is 1.51. The first-order chi connectivity index (χ1) is 5.21. The Balaban J connectivity index is 3.48. The van der Waals surface area contributed by atoms with E-state index in [-0.39, 0.29) is 0 Å². The van der Waals surface area contributed by atoms with Crippen molar-refractivity contribution in [3.8, 4) is 0 Å². The van der Waals surface area contributed by atoms with E-state index >= 15 is 0 Å². The van der Waals surface area contributed by atoms with Crippen molar-refractivity contribution in [3.63, 3.8) is 0 Å². The molecular formula is C4H8F3NO3S. The first-order valence-electron chi connectivity index (χ1n) is 2.86. The lowest BCUT2D eigenvalue weighted by atomic mass is 10.7. The minimum absolute atomic E-state index is 0.543. The number of sulfonamides is 1. The van der Waals surface area contributed by atoms with Crippen molar-refractivity contribution >= 4 is 10.0 Å². The largest absolute Gasteiger partial charge is 0.411 e. The Morgan fingerprint density at radius 3 is 2.17 bits per heavy atom. The van der Waals surface area contributed by atoms with Crippen LogP contribution in [0.4, 0.5) is 13.2 Å². The van der Waals surface area contributed by atoms with Gasteiger partial charge >= 0.3 is 6.18 Å². The molecule has 8 heteroatoms. The normalized spacial score (nSPS) is 13.3. The zero-order valence-electron chi connectivity index (χ0n) is 5.97. The monoisotopic (exact) mass is 207 g/mol. The molecule has 0 unspecified atom stereocenters. The van der Waals surface area contributed by atoms with Gasteiger partial charge in [-0.25, -0.2) is 13.6 Å². The van der Waals surface area contributed by atoms with Crippen molar-refractivity contribution in [2.75, 3.05) is 19.0 Å². The van der Waals surface area contributed by atoms with Gasteiger partial charge in [0.05, 0.1) is 12.4 Å². The first kappa shape index (κ1) is 11.7. The van der Waals surface area contributed by atoms with Gasteiger partial charge in [-0.1, -0.05) is 0 Å². The predicted octanol–water partition coefficient (Wildman–Crippen LogP) is -0.146. The summed E-state index contributed by atoms with van der Waals surface area (Å²) in [6, 6.07) is 0. The van der Waals surface area contributed by atoms with Crippen molar-refractivity contribution < 1.29 is 26.3 Å². The van der Waals surface area contributed by atoms with Gasteiger partial charge in [-0.15, -0.1) is 0 Å². The Bertz CT molecular complexity index is 222. The minimum atomic E-state index is -4.43. The van der Waals surface area contributed by atoms with Crippen LogP contribution in [0.15, 0.2) is 0 Å². The van der Waals surface area contributed by atoms with Crippen LogP contribution in [0.1, 0.15) is 0 Å². The van der Waals surface area contributed by atoms with E-state index in [4.69, 9.17) is 0 Å². The van der Waals surface area contributed by atoms with Crippen LogP contribution in [-0.2, 0) is 14.8 Å². The number of nitrogens with two attached hydrogens (primary N) is 1. The Labute approximate surface area is 67.5 Å². The van der Waals surface area contributed by atoms with Gasteiger partial charge in [-0.2, -0.15) is 13.2 Å². The summed E-state index contributed by atoms with van der Waals surface area (Å²) in [6.45, 7) is -2.00. The van der Waals surface area contributed by atoms with Crippen LogP contribution in [0, 0.1) is 0 Å². The molecule has 0 aliphatic heterocycles. The van der Waals surface area contributed by atoms with Crippen molar-refractivity contribution in [2.45, 2.75) is 6.18 Å². The topological polar surface area (TPSA) is 69.4 Å². The first-order valence-corrected chi connectivity index (χ1v) is 4.57. The number of primary sulfonamides is 1. The average Bonchev–Trinajstić information content (AvgIpc) is 1.76. The molecule has 2 N–H and O–H groups in total. The van der Waals surface area contributed by atoms with Gasteiger partial charge in [0.25, 0.3) is 0 Å². The Morgan fingerprint density at radius 1 is 1.33 bits per heavy atom. The molecule has 0 aliphatic carbocycles. The summed E-state index contributed by atoms with van der Waals surface area (Å²) in [5, 5.41) is 4.50. The summed E-state index contributed by atoms with van der Waals surface area (Å²) in [4.78, 5) is 0. The number of hydrogen-bond donors (Lipinski definition) is 1. The predicted molar refractivity (Wildman–Crippen MR) is 34.8 cm³/mol. The fourth-order valence-corrected chi connectivity index (χ4v) is 0.713. The molecule has 0 fully saturated rings. The van der Waals surface area contributed by atoms with E-state index in [1.807, 2.05) is 0 Å². The second-order valence-electron chi connectivity index (χ2n) is 2.03. The van der Waals surface area contributed by atoms with Crippen molar-refractivity contribution in [1.29, 1.82) is 0 Å². The fourth-order valence-electron chi connectivity index (χ4n) is 0.363. The number of ether oxygens (including phenoxy) is 1. The Hall–Kier alpha value is -0.340. The van der Waals surface area contributed by atoms with E-state index < -0.39 is 35.2 Å². The number of alkyl halides is 3. The molecule has 74 valence electrons. The highest BCUT2D eigenvalue weighted by Crippen LogP contribution is 2.13. The molecule has 0 bridgehead atoms. The summed E-state index contributed by atoms with van der Waals surface area (Å²) in [5.74, 6) is -0.608. The van der Waals surface area contributed by atoms with Crippen LogP contribution in [0.3, 0.4) is 0 Å². The molecule has 12 heavy (non-hydrogen) atoms. The summed E-state index contributed by atoms with van der Waals surface area (Å²) in [7, 11) is -3.73. The quantitative estimate of drug-likeness (QED) is 0.652. The minimum Gasteiger partial charge on any atom is -0.371 e. The maximum atomic E-state index is 11.4. The van der Waals surface area contributed by atoms with E-state index in [0.29, 0.717) is 0 Å². The highest BCUT2D eigenvalue weighted by Gasteiger charge is 2.27. The lowest BCUT2D eigenvalue weighted by Gasteiger charge is -2.06. The van der Waals surface area contributed by atoms with Gasteiger partial charge in [0.15, 0.2) is 0 Å². The lowest BCUT2D eigenvalue weighted by Crippen LogP contribution is -2.23. The number of hydrogen-bond acceptors (Lipinski definition) is 3. The number of rotatable bonds is 4. The molecule has 0 aliphatic rings. The van der Waals surface area contributed by atoms with Crippen LogP contribution >= 0.6 is 0 Å².